The first kappa shape index (κ1) is 16.4. The molecule has 0 aliphatic heterocycles. The minimum atomic E-state index is 0.413. The number of benzene rings is 4. The molecule has 0 saturated carbocycles. The third-order valence-electron chi connectivity index (χ3n) is 7.63. The van der Waals surface area contributed by atoms with Crippen LogP contribution < -0.4 is 0 Å². The molecule has 3 aliphatic carbocycles. The van der Waals surface area contributed by atoms with Crippen LogP contribution in [0, 0.1) is 0 Å². The largest absolute Gasteiger partial charge is 0.0619 e. The van der Waals surface area contributed by atoms with Crippen molar-refractivity contribution in [2.24, 2.45) is 0 Å². The molecule has 0 radical (unpaired) electrons. The maximum absolute atomic E-state index is 2.39. The second-order valence-corrected chi connectivity index (χ2v) is 8.89. The maximum atomic E-state index is 2.39. The molecule has 0 heterocycles. The topological polar surface area (TPSA) is 0 Å². The highest BCUT2D eigenvalue weighted by Gasteiger charge is 2.49. The van der Waals surface area contributed by atoms with Crippen LogP contribution in [0.4, 0.5) is 0 Å². The summed E-state index contributed by atoms with van der Waals surface area (Å²) in [5.41, 5.74) is 14.7. The van der Waals surface area contributed by atoms with Crippen molar-refractivity contribution in [3.8, 4) is 22.3 Å². The van der Waals surface area contributed by atoms with E-state index in [0.29, 0.717) is 17.8 Å². The Morgan fingerprint density at radius 1 is 0.433 bits per heavy atom. The van der Waals surface area contributed by atoms with E-state index in [1.807, 2.05) is 0 Å². The van der Waals surface area contributed by atoms with E-state index in [1.165, 1.54) is 44.5 Å². The van der Waals surface area contributed by atoms with Gasteiger partial charge in [0.25, 0.3) is 0 Å². The average molecular weight is 383 g/mol. The Kier molecular flexibility index (Phi) is 3.19. The van der Waals surface area contributed by atoms with Gasteiger partial charge in [-0.05, 0) is 57.0 Å². The fourth-order valence-corrected chi connectivity index (χ4v) is 6.58. The molecule has 3 unspecified atom stereocenters. The molecule has 30 heavy (non-hydrogen) atoms. The molecule has 0 saturated heterocycles. The van der Waals surface area contributed by atoms with Crippen LogP contribution in [0.3, 0.4) is 0 Å². The van der Waals surface area contributed by atoms with E-state index >= 15 is 0 Å². The summed E-state index contributed by atoms with van der Waals surface area (Å²) in [6.45, 7) is 2.39. The van der Waals surface area contributed by atoms with Crippen LogP contribution in [0.15, 0.2) is 103 Å². The second-order valence-electron chi connectivity index (χ2n) is 8.89. The minimum Gasteiger partial charge on any atom is -0.0619 e. The molecule has 4 aromatic carbocycles. The van der Waals surface area contributed by atoms with Gasteiger partial charge in [-0.2, -0.15) is 0 Å². The third kappa shape index (κ3) is 1.92. The Morgan fingerprint density at radius 3 is 1.53 bits per heavy atom. The lowest BCUT2D eigenvalue weighted by atomic mass is 9.65. The molecule has 142 valence electrons. The minimum absolute atomic E-state index is 0.413. The Morgan fingerprint density at radius 2 is 0.867 bits per heavy atom. The highest BCUT2D eigenvalue weighted by atomic mass is 14.5. The zero-order valence-corrected chi connectivity index (χ0v) is 17.0. The third-order valence-corrected chi connectivity index (χ3v) is 7.63. The average Bonchev–Trinajstić information content (AvgIpc) is 3.13. The van der Waals surface area contributed by atoms with Gasteiger partial charge in [-0.25, -0.2) is 0 Å². The van der Waals surface area contributed by atoms with Gasteiger partial charge in [0, 0.05) is 17.8 Å². The lowest BCUT2D eigenvalue weighted by molar-refractivity contribution is 0.588. The van der Waals surface area contributed by atoms with E-state index in [2.05, 4.69) is 104 Å². The van der Waals surface area contributed by atoms with Gasteiger partial charge in [0.15, 0.2) is 0 Å². The van der Waals surface area contributed by atoms with Gasteiger partial charge in [0.05, 0.1) is 0 Å². The van der Waals surface area contributed by atoms with Crippen molar-refractivity contribution >= 4 is 5.57 Å². The first-order valence-electron chi connectivity index (χ1n) is 10.9. The number of hydrogen-bond acceptors (Lipinski definition) is 0. The molecular weight excluding hydrogens is 360 g/mol. The Labute approximate surface area is 177 Å². The van der Waals surface area contributed by atoms with Gasteiger partial charge in [0.1, 0.15) is 0 Å². The fourth-order valence-electron chi connectivity index (χ4n) is 6.58. The fraction of sp³-hybridized carbons (Fsp3) is 0.133. The van der Waals surface area contributed by atoms with Crippen LogP contribution in [-0.2, 0) is 0 Å². The summed E-state index contributed by atoms with van der Waals surface area (Å²) in [6.07, 6.45) is 0. The molecule has 0 nitrogen and oxygen atoms in total. The Hall–Kier alpha value is -3.38. The zero-order chi connectivity index (χ0) is 19.8. The van der Waals surface area contributed by atoms with Crippen LogP contribution in [0.5, 0.6) is 0 Å². The predicted octanol–water partition coefficient (Wildman–Crippen LogP) is 7.79. The van der Waals surface area contributed by atoms with E-state index in [1.54, 1.807) is 11.1 Å². The van der Waals surface area contributed by atoms with Crippen LogP contribution in [0.25, 0.3) is 27.8 Å². The van der Waals surface area contributed by atoms with E-state index in [9.17, 15) is 0 Å². The summed E-state index contributed by atoms with van der Waals surface area (Å²) < 4.78 is 0. The van der Waals surface area contributed by atoms with Crippen molar-refractivity contribution in [3.05, 3.63) is 125 Å². The SMILES string of the molecule is CC1=C2c3ccccc3-c3ccccc3C2C2c3ccccc3-c3ccccc3C12. The van der Waals surface area contributed by atoms with Crippen LogP contribution in [0.1, 0.15) is 46.9 Å². The van der Waals surface area contributed by atoms with Gasteiger partial charge >= 0.3 is 0 Å². The van der Waals surface area contributed by atoms with Crippen molar-refractivity contribution in [1.29, 1.82) is 0 Å². The first-order valence-corrected chi connectivity index (χ1v) is 10.9. The highest BCUT2D eigenvalue weighted by Crippen LogP contribution is 2.66. The Balaban J connectivity index is 1.61. The summed E-state index contributed by atoms with van der Waals surface area (Å²) >= 11 is 0. The highest BCUT2D eigenvalue weighted by molar-refractivity contribution is 5.96. The molecule has 0 N–H and O–H groups in total. The molecule has 0 amide bonds. The van der Waals surface area contributed by atoms with Crippen molar-refractivity contribution in [2.75, 3.05) is 0 Å². The lowest BCUT2D eigenvalue weighted by Crippen LogP contribution is -2.20. The monoisotopic (exact) mass is 382 g/mol. The second kappa shape index (κ2) is 5.83. The molecule has 3 aliphatic rings. The molecule has 0 bridgehead atoms. The summed E-state index contributed by atoms with van der Waals surface area (Å²) in [5, 5.41) is 0. The molecule has 7 rings (SSSR count). The quantitative estimate of drug-likeness (QED) is 0.291. The van der Waals surface area contributed by atoms with Crippen LogP contribution >= 0.6 is 0 Å². The number of allylic oxidation sites excluding steroid dienone is 2. The van der Waals surface area contributed by atoms with E-state index in [4.69, 9.17) is 0 Å². The number of rotatable bonds is 0. The van der Waals surface area contributed by atoms with Crippen molar-refractivity contribution in [2.45, 2.75) is 24.7 Å². The van der Waals surface area contributed by atoms with Gasteiger partial charge in [-0.1, -0.05) is 103 Å². The normalized spacial score (nSPS) is 22.4. The lowest BCUT2D eigenvalue weighted by Gasteiger charge is -2.37. The van der Waals surface area contributed by atoms with Crippen molar-refractivity contribution in [1.82, 2.24) is 0 Å². The van der Waals surface area contributed by atoms with E-state index in [0.717, 1.165) is 0 Å². The summed E-state index contributed by atoms with van der Waals surface area (Å²) in [5.74, 6) is 1.31. The standard InChI is InChI=1S/C30H22/c1-18-27-23-14-6-2-10-19(23)21-12-4-8-16-25(21)29(27)30-26-17-9-5-13-22(26)20-11-3-7-15-24(20)28(18)30/h2-17,27,29-30H,1H3. The molecule has 0 spiro atoms. The number of fused-ring (bicyclic) bond motifs is 13. The van der Waals surface area contributed by atoms with Gasteiger partial charge in [-0.15, -0.1) is 0 Å². The zero-order valence-electron chi connectivity index (χ0n) is 17.0. The molecule has 3 atom stereocenters. The summed E-state index contributed by atoms with van der Waals surface area (Å²) in [4.78, 5) is 0. The van der Waals surface area contributed by atoms with Crippen molar-refractivity contribution in [3.63, 3.8) is 0 Å². The van der Waals surface area contributed by atoms with Gasteiger partial charge in [0.2, 0.25) is 0 Å². The predicted molar refractivity (Wildman–Crippen MR) is 125 cm³/mol. The summed E-state index contributed by atoms with van der Waals surface area (Å²) in [6, 6.07) is 36.3. The molecule has 4 aromatic rings. The number of hydrogen-bond donors (Lipinski definition) is 0. The van der Waals surface area contributed by atoms with Crippen molar-refractivity contribution < 1.29 is 0 Å². The Bertz CT molecular complexity index is 1370. The van der Waals surface area contributed by atoms with Gasteiger partial charge in [-0.3, -0.25) is 0 Å². The summed E-state index contributed by atoms with van der Waals surface area (Å²) in [7, 11) is 0. The van der Waals surface area contributed by atoms with Crippen LogP contribution in [0.2, 0.25) is 0 Å². The smallest absolute Gasteiger partial charge is 0.0179 e. The van der Waals surface area contributed by atoms with E-state index < -0.39 is 0 Å². The molecule has 0 aromatic heterocycles. The van der Waals surface area contributed by atoms with Crippen LogP contribution in [-0.4, -0.2) is 0 Å². The molecular formula is C30H22. The maximum Gasteiger partial charge on any atom is 0.0179 e. The van der Waals surface area contributed by atoms with E-state index in [-0.39, 0.29) is 0 Å². The molecule has 0 fully saturated rings. The first-order chi connectivity index (χ1) is 14.8. The molecule has 0 heteroatoms. The van der Waals surface area contributed by atoms with Gasteiger partial charge < -0.3 is 0 Å².